The van der Waals surface area contributed by atoms with Crippen molar-refractivity contribution in [2.75, 3.05) is 35.8 Å². The molecule has 180 valence electrons. The summed E-state index contributed by atoms with van der Waals surface area (Å²) in [4.78, 5) is 21.6. The first-order valence-electron chi connectivity index (χ1n) is 12.2. The Balaban J connectivity index is 1.12. The van der Waals surface area contributed by atoms with Gasteiger partial charge < -0.3 is 19.1 Å². The van der Waals surface area contributed by atoms with Gasteiger partial charge in [-0.25, -0.2) is 4.39 Å². The maximum Gasteiger partial charge on any atom is 0.222 e. The van der Waals surface area contributed by atoms with Crippen molar-refractivity contribution in [2.24, 2.45) is 5.92 Å². The second-order valence-electron chi connectivity index (χ2n) is 9.63. The van der Waals surface area contributed by atoms with Crippen LogP contribution in [0.25, 0.3) is 10.9 Å². The van der Waals surface area contributed by atoms with Crippen molar-refractivity contribution in [1.29, 1.82) is 0 Å². The quantitative estimate of drug-likeness (QED) is 0.491. The number of fused-ring (bicyclic) bond motifs is 1. The monoisotopic (exact) mass is 481 g/mol. The molecule has 2 aliphatic heterocycles. The number of carbonyl (C=O) groups is 1. The van der Waals surface area contributed by atoms with Crippen LogP contribution in [0, 0.1) is 18.7 Å². The lowest BCUT2D eigenvalue weighted by atomic mass is 9.92. The second kappa shape index (κ2) is 9.86. The molecule has 2 aromatic heterocycles. The first-order valence-corrected chi connectivity index (χ1v) is 12.6. The first-order chi connectivity index (χ1) is 16.5. The van der Waals surface area contributed by atoms with E-state index < -0.39 is 0 Å². The average Bonchev–Trinajstić information content (AvgIpc) is 3.21. The Kier molecular flexibility index (Phi) is 6.68. The average molecular weight is 482 g/mol. The second-order valence-corrected chi connectivity index (χ2v) is 9.86. The number of aromatic nitrogens is 2. The predicted octanol–water partition coefficient (Wildman–Crippen LogP) is 5.21. The van der Waals surface area contributed by atoms with E-state index in [9.17, 15) is 9.18 Å². The van der Waals surface area contributed by atoms with Gasteiger partial charge in [0.1, 0.15) is 5.82 Å². The molecule has 0 unspecified atom stereocenters. The van der Waals surface area contributed by atoms with E-state index in [1.807, 2.05) is 18.5 Å². The van der Waals surface area contributed by atoms with Gasteiger partial charge >= 0.3 is 0 Å². The molecule has 0 saturated carbocycles. The van der Waals surface area contributed by atoms with Crippen molar-refractivity contribution in [2.45, 2.75) is 45.1 Å². The Morgan fingerprint density at radius 1 is 1.15 bits per heavy atom. The third-order valence-electron chi connectivity index (χ3n) is 7.56. The van der Waals surface area contributed by atoms with Gasteiger partial charge in [0, 0.05) is 68.3 Å². The summed E-state index contributed by atoms with van der Waals surface area (Å²) in [5.41, 5.74) is 3.76. The van der Waals surface area contributed by atoms with Crippen molar-refractivity contribution in [1.82, 2.24) is 14.5 Å². The van der Waals surface area contributed by atoms with Gasteiger partial charge in [0.25, 0.3) is 0 Å². The summed E-state index contributed by atoms with van der Waals surface area (Å²) in [7, 11) is 0. The van der Waals surface area contributed by atoms with Crippen LogP contribution >= 0.6 is 12.8 Å². The third kappa shape index (κ3) is 4.60. The highest BCUT2D eigenvalue weighted by Crippen LogP contribution is 2.31. The fraction of sp³-hybridized carbons (Fsp3) is 0.462. The lowest BCUT2D eigenvalue weighted by Gasteiger charge is -2.36. The van der Waals surface area contributed by atoms with E-state index in [4.69, 9.17) is 0 Å². The summed E-state index contributed by atoms with van der Waals surface area (Å²) in [6, 6.07) is 7.71. The molecule has 34 heavy (non-hydrogen) atoms. The SMILES string of the molecule is Cc1cn(C2CCN(C(=O)CC3CCN(c4ccc(NS)c(F)c4)CC3)CC2)c2ccncc12. The fourth-order valence-corrected chi connectivity index (χ4v) is 5.70. The molecule has 2 saturated heterocycles. The van der Waals surface area contributed by atoms with Gasteiger partial charge in [0.05, 0.1) is 11.2 Å². The molecule has 8 heteroatoms. The zero-order chi connectivity index (χ0) is 23.7. The van der Waals surface area contributed by atoms with Crippen molar-refractivity contribution in [3.63, 3.8) is 0 Å². The Bertz CT molecular complexity index is 1170. The molecule has 2 fully saturated rings. The van der Waals surface area contributed by atoms with E-state index in [0.29, 0.717) is 24.1 Å². The van der Waals surface area contributed by atoms with Crippen LogP contribution in [0.2, 0.25) is 0 Å². The number of nitrogens with zero attached hydrogens (tertiary/aromatic N) is 4. The van der Waals surface area contributed by atoms with Crippen molar-refractivity contribution in [3.05, 3.63) is 54.2 Å². The molecule has 6 nitrogen and oxygen atoms in total. The molecule has 0 bridgehead atoms. The van der Waals surface area contributed by atoms with E-state index in [-0.39, 0.29) is 11.7 Å². The van der Waals surface area contributed by atoms with Gasteiger partial charge in [-0.2, -0.15) is 0 Å². The highest BCUT2D eigenvalue weighted by molar-refractivity contribution is 7.81. The summed E-state index contributed by atoms with van der Waals surface area (Å²) < 4.78 is 19.0. The Hall–Kier alpha value is -2.74. The minimum Gasteiger partial charge on any atom is -0.371 e. The van der Waals surface area contributed by atoms with E-state index in [1.165, 1.54) is 16.5 Å². The summed E-state index contributed by atoms with van der Waals surface area (Å²) in [5.74, 6) is 0.381. The maximum absolute atomic E-state index is 14.1. The summed E-state index contributed by atoms with van der Waals surface area (Å²) >= 11 is 3.92. The van der Waals surface area contributed by atoms with Crippen LogP contribution in [0.4, 0.5) is 15.8 Å². The highest BCUT2D eigenvalue weighted by atomic mass is 32.1. The number of amides is 1. The van der Waals surface area contributed by atoms with Crippen LogP contribution in [0.1, 0.15) is 43.7 Å². The van der Waals surface area contributed by atoms with Gasteiger partial charge in [-0.15, -0.1) is 0 Å². The first kappa shape index (κ1) is 23.0. The summed E-state index contributed by atoms with van der Waals surface area (Å²) in [6.07, 6.45) is 10.5. The number of thiol groups is 1. The number of nitrogens with one attached hydrogen (secondary N) is 1. The Morgan fingerprint density at radius 2 is 1.91 bits per heavy atom. The van der Waals surface area contributed by atoms with Gasteiger partial charge in [0.2, 0.25) is 5.91 Å². The number of aryl methyl sites for hydroxylation is 1. The van der Waals surface area contributed by atoms with E-state index in [2.05, 4.69) is 56.1 Å². The molecule has 0 atom stereocenters. The number of anilines is 2. The van der Waals surface area contributed by atoms with Gasteiger partial charge in [-0.3, -0.25) is 9.78 Å². The molecular formula is C26H32FN5OS. The fourth-order valence-electron chi connectivity index (χ4n) is 5.52. The summed E-state index contributed by atoms with van der Waals surface area (Å²) in [5, 5.41) is 1.21. The van der Waals surface area contributed by atoms with Crippen LogP contribution in [-0.4, -0.2) is 46.5 Å². The van der Waals surface area contributed by atoms with E-state index in [1.54, 1.807) is 12.1 Å². The minimum atomic E-state index is -0.298. The largest absolute Gasteiger partial charge is 0.371 e. The lowest BCUT2D eigenvalue weighted by Crippen LogP contribution is -2.41. The molecular weight excluding hydrogens is 449 g/mol. The third-order valence-corrected chi connectivity index (χ3v) is 7.80. The molecule has 3 aromatic rings. The number of piperidine rings is 2. The summed E-state index contributed by atoms with van der Waals surface area (Å²) in [6.45, 7) is 5.47. The molecule has 0 aliphatic carbocycles. The van der Waals surface area contributed by atoms with Gasteiger partial charge in [0.15, 0.2) is 0 Å². The van der Waals surface area contributed by atoms with Crippen LogP contribution in [0.15, 0.2) is 42.9 Å². The Morgan fingerprint density at radius 3 is 2.62 bits per heavy atom. The number of carbonyl (C=O) groups excluding carboxylic acids is 1. The van der Waals surface area contributed by atoms with Gasteiger partial charge in [-0.1, -0.05) is 12.8 Å². The molecule has 5 rings (SSSR count). The lowest BCUT2D eigenvalue weighted by molar-refractivity contribution is -0.133. The molecule has 1 amide bonds. The number of hydrogen-bond acceptors (Lipinski definition) is 5. The number of halogens is 1. The van der Waals surface area contributed by atoms with E-state index in [0.717, 1.165) is 57.5 Å². The number of likely N-dealkylation sites (tertiary alicyclic amines) is 1. The molecule has 0 spiro atoms. The zero-order valence-electron chi connectivity index (χ0n) is 19.6. The number of pyridine rings is 1. The number of benzene rings is 1. The molecule has 2 aliphatic rings. The topological polar surface area (TPSA) is 53.4 Å². The maximum atomic E-state index is 14.1. The number of hydrogen-bond donors (Lipinski definition) is 2. The van der Waals surface area contributed by atoms with Crippen LogP contribution in [0.3, 0.4) is 0 Å². The van der Waals surface area contributed by atoms with Crippen molar-refractivity contribution < 1.29 is 9.18 Å². The highest BCUT2D eigenvalue weighted by Gasteiger charge is 2.28. The van der Waals surface area contributed by atoms with Crippen LogP contribution < -0.4 is 9.62 Å². The standard InChI is InChI=1S/C26H32FN5OS/c1-18-17-32(25-4-9-28-16-22(18)25)20-7-12-31(13-8-20)26(33)14-19-5-10-30(11-6-19)21-2-3-24(29-34)23(27)15-21/h2-4,9,15-17,19-20,29,34H,5-8,10-14H2,1H3. The predicted molar refractivity (Wildman–Crippen MR) is 138 cm³/mol. The van der Waals surface area contributed by atoms with E-state index >= 15 is 0 Å². The molecule has 4 heterocycles. The van der Waals surface area contributed by atoms with Crippen LogP contribution in [0.5, 0.6) is 0 Å². The molecule has 0 radical (unpaired) electrons. The molecule has 1 N–H and O–H groups in total. The number of rotatable bonds is 5. The van der Waals surface area contributed by atoms with Crippen molar-refractivity contribution >= 4 is 41.0 Å². The normalized spacial score (nSPS) is 18.0. The van der Waals surface area contributed by atoms with Crippen molar-refractivity contribution in [3.8, 4) is 0 Å². The zero-order valence-corrected chi connectivity index (χ0v) is 20.5. The van der Waals surface area contributed by atoms with Gasteiger partial charge in [-0.05, 0) is 68.4 Å². The Labute approximate surface area is 205 Å². The molecule has 1 aromatic carbocycles. The smallest absolute Gasteiger partial charge is 0.222 e. The van der Waals surface area contributed by atoms with Crippen LogP contribution in [-0.2, 0) is 4.79 Å². The minimum absolute atomic E-state index is 0.282.